The number of carbonyl (C=O) groups excluding carboxylic acids is 2. The second kappa shape index (κ2) is 9.93. The molecule has 1 aromatic heterocycles. The Morgan fingerprint density at radius 1 is 1.10 bits per heavy atom. The fourth-order valence-corrected chi connectivity index (χ4v) is 5.13. The third kappa shape index (κ3) is 6.90. The number of aryl methyl sites for hydroxylation is 1. The Hall–Kier alpha value is -2.33. The summed E-state index contributed by atoms with van der Waals surface area (Å²) in [6, 6.07) is 6.99. The van der Waals surface area contributed by atoms with E-state index in [4.69, 9.17) is 0 Å². The molecule has 10 heteroatoms. The number of rotatable bonds is 9. The van der Waals surface area contributed by atoms with Crippen molar-refractivity contribution >= 4 is 43.8 Å². The average Bonchev–Trinajstić information content (AvgIpc) is 3.02. The van der Waals surface area contributed by atoms with Crippen LogP contribution < -0.4 is 10.6 Å². The minimum absolute atomic E-state index is 0.0453. The Morgan fingerprint density at radius 2 is 1.76 bits per heavy atom. The number of benzene rings is 1. The highest BCUT2D eigenvalue weighted by Crippen LogP contribution is 2.20. The van der Waals surface area contributed by atoms with Crippen molar-refractivity contribution < 1.29 is 18.0 Å². The molecule has 2 amide bonds. The maximum absolute atomic E-state index is 12.6. The predicted molar refractivity (Wildman–Crippen MR) is 115 cm³/mol. The Balaban J connectivity index is 2.02. The van der Waals surface area contributed by atoms with Gasteiger partial charge in [-0.05, 0) is 31.4 Å². The van der Waals surface area contributed by atoms with Crippen molar-refractivity contribution in [2.24, 2.45) is 5.92 Å². The van der Waals surface area contributed by atoms with Crippen molar-refractivity contribution in [1.82, 2.24) is 10.2 Å². The van der Waals surface area contributed by atoms with E-state index < -0.39 is 32.7 Å². The number of sulfone groups is 1. The molecule has 1 unspecified atom stereocenters. The maximum Gasteiger partial charge on any atom is 0.244 e. The second-order valence-corrected chi connectivity index (χ2v) is 10.5. The van der Waals surface area contributed by atoms with Gasteiger partial charge in [-0.25, -0.2) is 8.42 Å². The largest absolute Gasteiger partial charge is 0.325 e. The zero-order valence-electron chi connectivity index (χ0n) is 16.9. The predicted octanol–water partition coefficient (Wildman–Crippen LogP) is 2.82. The summed E-state index contributed by atoms with van der Waals surface area (Å²) in [7, 11) is -4.00. The van der Waals surface area contributed by atoms with E-state index in [1.165, 1.54) is 11.3 Å². The van der Waals surface area contributed by atoms with E-state index in [1.54, 1.807) is 19.1 Å². The van der Waals surface area contributed by atoms with Gasteiger partial charge in [-0.3, -0.25) is 14.9 Å². The number of aromatic nitrogens is 2. The molecule has 8 nitrogen and oxygen atoms in total. The summed E-state index contributed by atoms with van der Waals surface area (Å²) in [4.78, 5) is 24.7. The minimum Gasteiger partial charge on any atom is -0.325 e. The zero-order chi connectivity index (χ0) is 21.6. The van der Waals surface area contributed by atoms with Gasteiger partial charge in [0.25, 0.3) is 0 Å². The highest BCUT2D eigenvalue weighted by atomic mass is 32.2. The molecule has 29 heavy (non-hydrogen) atoms. The van der Waals surface area contributed by atoms with Crippen molar-refractivity contribution in [3.63, 3.8) is 0 Å². The SMILES string of the molecule is CCC(C(=O)Nc1nnc(CC(C)C)s1)S(=O)(=O)CC(=O)Nc1ccc(C)cc1. The maximum atomic E-state index is 12.6. The van der Waals surface area contributed by atoms with Gasteiger partial charge in [0.05, 0.1) is 0 Å². The lowest BCUT2D eigenvalue weighted by Gasteiger charge is -2.14. The molecule has 2 aromatic rings. The van der Waals surface area contributed by atoms with Crippen molar-refractivity contribution in [3.8, 4) is 0 Å². The molecule has 0 bridgehead atoms. The van der Waals surface area contributed by atoms with E-state index in [0.717, 1.165) is 17.0 Å². The average molecular weight is 439 g/mol. The van der Waals surface area contributed by atoms with E-state index in [2.05, 4.69) is 20.8 Å². The molecule has 2 N–H and O–H groups in total. The Bertz CT molecular complexity index is 953. The second-order valence-electron chi connectivity index (χ2n) is 7.21. The highest BCUT2D eigenvalue weighted by Gasteiger charge is 2.33. The molecule has 158 valence electrons. The molecule has 0 fully saturated rings. The van der Waals surface area contributed by atoms with Gasteiger partial charge < -0.3 is 5.32 Å². The van der Waals surface area contributed by atoms with Crippen LogP contribution in [-0.2, 0) is 25.8 Å². The lowest BCUT2D eigenvalue weighted by atomic mass is 10.1. The molecule has 1 atom stereocenters. The zero-order valence-corrected chi connectivity index (χ0v) is 18.6. The van der Waals surface area contributed by atoms with Gasteiger partial charge in [0.1, 0.15) is 16.0 Å². The van der Waals surface area contributed by atoms with Gasteiger partial charge in [0, 0.05) is 12.1 Å². The topological polar surface area (TPSA) is 118 Å². The normalized spacial score (nSPS) is 12.6. The molecule has 0 aliphatic heterocycles. The van der Waals surface area contributed by atoms with Crippen LogP contribution in [0, 0.1) is 12.8 Å². The van der Waals surface area contributed by atoms with E-state index in [-0.39, 0.29) is 11.6 Å². The molecule has 0 saturated carbocycles. The molecule has 0 radical (unpaired) electrons. The molecule has 1 heterocycles. The Morgan fingerprint density at radius 3 is 2.34 bits per heavy atom. The molecule has 1 aromatic carbocycles. The summed E-state index contributed by atoms with van der Waals surface area (Å²) in [6.07, 6.45) is 0.770. The van der Waals surface area contributed by atoms with E-state index in [9.17, 15) is 18.0 Å². The van der Waals surface area contributed by atoms with Crippen molar-refractivity contribution in [1.29, 1.82) is 0 Å². The molecule has 2 rings (SSSR count). The van der Waals surface area contributed by atoms with Crippen molar-refractivity contribution in [3.05, 3.63) is 34.8 Å². The summed E-state index contributed by atoms with van der Waals surface area (Å²) < 4.78 is 25.3. The summed E-state index contributed by atoms with van der Waals surface area (Å²) in [5.41, 5.74) is 1.52. The van der Waals surface area contributed by atoms with Crippen LogP contribution in [0.2, 0.25) is 0 Å². The summed E-state index contributed by atoms with van der Waals surface area (Å²) >= 11 is 1.22. The molecule has 0 spiro atoms. The van der Waals surface area contributed by atoms with Crippen LogP contribution in [0.1, 0.15) is 37.8 Å². The van der Waals surface area contributed by atoms with Crippen LogP contribution in [-0.4, -0.2) is 41.4 Å². The smallest absolute Gasteiger partial charge is 0.244 e. The van der Waals surface area contributed by atoms with Gasteiger partial charge >= 0.3 is 0 Å². The number of anilines is 2. The number of nitrogens with zero attached hydrogens (tertiary/aromatic N) is 2. The first kappa shape index (κ1) is 23.0. The van der Waals surface area contributed by atoms with Crippen LogP contribution in [0.15, 0.2) is 24.3 Å². The fraction of sp³-hybridized carbons (Fsp3) is 0.474. The summed E-state index contributed by atoms with van der Waals surface area (Å²) in [5.74, 6) is -1.78. The van der Waals surface area contributed by atoms with Crippen molar-refractivity contribution in [2.75, 3.05) is 16.4 Å². The van der Waals surface area contributed by atoms with E-state index in [1.807, 2.05) is 32.9 Å². The summed E-state index contributed by atoms with van der Waals surface area (Å²) in [6.45, 7) is 7.58. The first-order valence-electron chi connectivity index (χ1n) is 9.32. The first-order valence-corrected chi connectivity index (χ1v) is 11.8. The van der Waals surface area contributed by atoms with Crippen LogP contribution in [0.3, 0.4) is 0 Å². The van der Waals surface area contributed by atoms with Crippen molar-refractivity contribution in [2.45, 2.75) is 45.8 Å². The molecule has 0 saturated heterocycles. The monoisotopic (exact) mass is 438 g/mol. The van der Waals surface area contributed by atoms with Gasteiger partial charge in [-0.1, -0.05) is 49.8 Å². The highest BCUT2D eigenvalue weighted by molar-refractivity contribution is 7.93. The van der Waals surface area contributed by atoms with E-state index in [0.29, 0.717) is 11.6 Å². The number of hydrogen-bond donors (Lipinski definition) is 2. The standard InChI is InChI=1S/C19H26N4O4S2/c1-5-15(18(25)21-19-23-22-17(28-19)10-12(2)3)29(26,27)11-16(24)20-14-8-6-13(4)7-9-14/h6-9,12,15H,5,10-11H2,1-4H3,(H,20,24)(H,21,23,25). The van der Waals surface area contributed by atoms with Gasteiger partial charge in [0.15, 0.2) is 9.84 Å². The lowest BCUT2D eigenvalue weighted by Crippen LogP contribution is -2.39. The van der Waals surface area contributed by atoms with Gasteiger partial charge in [0.2, 0.25) is 16.9 Å². The molecule has 0 aliphatic carbocycles. The van der Waals surface area contributed by atoms with Gasteiger partial charge in [-0.15, -0.1) is 10.2 Å². The van der Waals surface area contributed by atoms with Crippen LogP contribution in [0.25, 0.3) is 0 Å². The quantitative estimate of drug-likeness (QED) is 0.621. The minimum atomic E-state index is -4.00. The number of nitrogens with one attached hydrogen (secondary N) is 2. The number of hydrogen-bond acceptors (Lipinski definition) is 7. The Kier molecular flexibility index (Phi) is 7.86. The number of carbonyl (C=O) groups is 2. The lowest BCUT2D eigenvalue weighted by molar-refractivity contribution is -0.115. The molecular formula is C19H26N4O4S2. The first-order chi connectivity index (χ1) is 13.6. The molecule has 0 aliphatic rings. The van der Waals surface area contributed by atoms with Crippen LogP contribution in [0.4, 0.5) is 10.8 Å². The van der Waals surface area contributed by atoms with Crippen LogP contribution >= 0.6 is 11.3 Å². The fourth-order valence-electron chi connectivity index (χ4n) is 2.64. The third-order valence-corrected chi connectivity index (χ3v) is 6.98. The summed E-state index contributed by atoms with van der Waals surface area (Å²) in [5, 5.41) is 12.6. The third-order valence-electron chi connectivity index (χ3n) is 4.04. The Labute approximate surface area is 175 Å². The number of amides is 2. The molecular weight excluding hydrogens is 412 g/mol. The van der Waals surface area contributed by atoms with Crippen LogP contribution in [0.5, 0.6) is 0 Å². The van der Waals surface area contributed by atoms with E-state index >= 15 is 0 Å². The van der Waals surface area contributed by atoms with Gasteiger partial charge in [-0.2, -0.15) is 0 Å².